The van der Waals surface area contributed by atoms with Crippen LogP contribution in [0.2, 0.25) is 0 Å². The molecule has 0 saturated carbocycles. The van der Waals surface area contributed by atoms with Crippen LogP contribution in [-0.2, 0) is 18.9 Å². The molecule has 0 aliphatic carbocycles. The molecule has 0 bridgehead atoms. The molecule has 8 heteroatoms. The van der Waals surface area contributed by atoms with Gasteiger partial charge in [0.15, 0.2) is 0 Å². The largest absolute Gasteiger partial charge is 0.462 e. The first-order valence-corrected chi connectivity index (χ1v) is 17.7. The summed E-state index contributed by atoms with van der Waals surface area (Å²) in [5.74, 6) is -1.12. The van der Waals surface area contributed by atoms with Crippen LogP contribution in [-0.4, -0.2) is 50.3 Å². The summed E-state index contributed by atoms with van der Waals surface area (Å²) >= 11 is 0. The van der Waals surface area contributed by atoms with Gasteiger partial charge in [-0.2, -0.15) is 0 Å². The second-order valence-corrected chi connectivity index (χ2v) is 14.0. The minimum atomic E-state index is -0.866. The van der Waals surface area contributed by atoms with Crippen LogP contribution >= 0.6 is 0 Å². The van der Waals surface area contributed by atoms with E-state index in [1.165, 1.54) is 12.1 Å². The summed E-state index contributed by atoms with van der Waals surface area (Å²) in [6.07, 6.45) is 10.1. The number of rotatable bonds is 24. The zero-order valence-corrected chi connectivity index (χ0v) is 30.0. The van der Waals surface area contributed by atoms with Gasteiger partial charge >= 0.3 is 23.9 Å². The summed E-state index contributed by atoms with van der Waals surface area (Å²) < 4.78 is 22.3. The van der Waals surface area contributed by atoms with E-state index in [1.807, 2.05) is 0 Å². The van der Waals surface area contributed by atoms with Gasteiger partial charge in [0.25, 0.3) is 0 Å². The summed E-state index contributed by atoms with van der Waals surface area (Å²) in [4.78, 5) is 54.0. The highest BCUT2D eigenvalue weighted by Crippen LogP contribution is 2.25. The smallest absolute Gasteiger partial charge is 0.339 e. The Labute approximate surface area is 278 Å². The maximum absolute atomic E-state index is 13.6. The van der Waals surface area contributed by atoms with Crippen molar-refractivity contribution in [1.29, 1.82) is 0 Å². The fraction of sp³-hybridized carbons (Fsp3) is 0.737. The number of hydrogen-bond donors (Lipinski definition) is 0. The number of carbonyl (C=O) groups excluding carboxylic acids is 4. The van der Waals surface area contributed by atoms with Crippen molar-refractivity contribution in [3.05, 3.63) is 34.4 Å². The lowest BCUT2D eigenvalue weighted by Gasteiger charge is -2.17. The average Bonchev–Trinajstić information content (AvgIpc) is 2.98. The van der Waals surface area contributed by atoms with Crippen LogP contribution in [0.4, 0.5) is 0 Å². The summed E-state index contributed by atoms with van der Waals surface area (Å²) in [5.41, 5.74) is -0.873. The zero-order valence-electron chi connectivity index (χ0n) is 30.0. The molecular weight excluding hydrogens is 584 g/mol. The SMILES string of the molecule is CC(C)CCCCOC(=O)c1ccc(C(=O)OCCCCC(C)C)c(C(=O)OCCCCC(C)C)c1C(=O)OCCCCC(C)C. The molecule has 0 radical (unpaired) electrons. The lowest BCUT2D eigenvalue weighted by Crippen LogP contribution is -2.24. The molecule has 1 rings (SSSR count). The Morgan fingerprint density at radius 3 is 0.891 bits per heavy atom. The summed E-state index contributed by atoms with van der Waals surface area (Å²) in [7, 11) is 0. The van der Waals surface area contributed by atoms with Gasteiger partial charge < -0.3 is 18.9 Å². The topological polar surface area (TPSA) is 105 Å². The molecular formula is C38H62O8. The van der Waals surface area contributed by atoms with Crippen LogP contribution < -0.4 is 0 Å². The zero-order chi connectivity index (χ0) is 34.5. The number of ether oxygens (including phenoxy) is 4. The molecule has 1 aromatic rings. The van der Waals surface area contributed by atoms with Gasteiger partial charge in [-0.15, -0.1) is 0 Å². The molecule has 8 nitrogen and oxygen atoms in total. The Bertz CT molecular complexity index is 974. The minimum absolute atomic E-state index is 0.115. The van der Waals surface area contributed by atoms with Crippen LogP contribution in [0.5, 0.6) is 0 Å². The van der Waals surface area contributed by atoms with Gasteiger partial charge in [-0.1, -0.05) is 81.1 Å². The van der Waals surface area contributed by atoms with Crippen molar-refractivity contribution in [2.24, 2.45) is 23.7 Å². The summed E-state index contributed by atoms with van der Waals surface area (Å²) in [6, 6.07) is 2.70. The monoisotopic (exact) mass is 646 g/mol. The third-order valence-corrected chi connectivity index (χ3v) is 7.69. The van der Waals surface area contributed by atoms with Gasteiger partial charge in [0.05, 0.1) is 48.7 Å². The van der Waals surface area contributed by atoms with E-state index in [4.69, 9.17) is 18.9 Å². The van der Waals surface area contributed by atoms with Crippen molar-refractivity contribution in [2.75, 3.05) is 26.4 Å². The lowest BCUT2D eigenvalue weighted by molar-refractivity contribution is 0.0414. The molecule has 0 aliphatic rings. The van der Waals surface area contributed by atoms with Gasteiger partial charge in [-0.3, -0.25) is 0 Å². The van der Waals surface area contributed by atoms with Crippen molar-refractivity contribution in [1.82, 2.24) is 0 Å². The van der Waals surface area contributed by atoms with E-state index in [0.29, 0.717) is 49.4 Å². The van der Waals surface area contributed by atoms with Crippen molar-refractivity contribution < 1.29 is 38.1 Å². The maximum atomic E-state index is 13.6. The van der Waals surface area contributed by atoms with E-state index < -0.39 is 23.9 Å². The quantitative estimate of drug-likeness (QED) is 0.0621. The Kier molecular flexibility index (Phi) is 20.9. The van der Waals surface area contributed by atoms with Crippen LogP contribution in [0.1, 0.15) is 174 Å². The van der Waals surface area contributed by atoms with E-state index in [0.717, 1.165) is 51.4 Å². The lowest BCUT2D eigenvalue weighted by atomic mass is 9.95. The van der Waals surface area contributed by atoms with Crippen molar-refractivity contribution in [3.8, 4) is 0 Å². The Balaban J connectivity index is 3.39. The van der Waals surface area contributed by atoms with Crippen molar-refractivity contribution in [2.45, 2.75) is 132 Å². The maximum Gasteiger partial charge on any atom is 0.339 e. The van der Waals surface area contributed by atoms with Crippen LogP contribution in [0.25, 0.3) is 0 Å². The predicted octanol–water partition coefficient (Wildman–Crippen LogP) is 9.62. The molecule has 0 fully saturated rings. The van der Waals surface area contributed by atoms with E-state index in [-0.39, 0.29) is 48.7 Å². The van der Waals surface area contributed by atoms with Gasteiger partial charge in [-0.05, 0) is 87.2 Å². The number of carbonyl (C=O) groups is 4. The van der Waals surface area contributed by atoms with E-state index in [2.05, 4.69) is 55.4 Å². The second kappa shape index (κ2) is 23.4. The normalized spacial score (nSPS) is 11.4. The second-order valence-electron chi connectivity index (χ2n) is 14.0. The number of esters is 4. The standard InChI is InChI=1S/C38H62O8/c1-27(2)17-9-13-23-43-35(39)31-21-22-32(36(40)44-24-14-10-18-28(3)4)34(38(42)46-26-16-12-20-30(7)8)33(31)37(41)45-25-15-11-19-29(5)6/h21-22,27-30H,9-20,23-26H2,1-8H3. The first-order valence-electron chi connectivity index (χ1n) is 17.7. The van der Waals surface area contributed by atoms with E-state index in [9.17, 15) is 19.2 Å². The molecule has 0 unspecified atom stereocenters. The molecule has 46 heavy (non-hydrogen) atoms. The molecule has 1 aromatic carbocycles. The van der Waals surface area contributed by atoms with Crippen LogP contribution in [0.15, 0.2) is 12.1 Å². The Morgan fingerprint density at radius 2 is 0.652 bits per heavy atom. The molecule has 0 N–H and O–H groups in total. The summed E-state index contributed by atoms with van der Waals surface area (Å²) in [6.45, 7) is 17.6. The number of unbranched alkanes of at least 4 members (excludes halogenated alkanes) is 4. The molecule has 0 atom stereocenters. The van der Waals surface area contributed by atoms with Crippen molar-refractivity contribution >= 4 is 23.9 Å². The van der Waals surface area contributed by atoms with E-state index in [1.54, 1.807) is 0 Å². The average molecular weight is 647 g/mol. The predicted molar refractivity (Wildman–Crippen MR) is 182 cm³/mol. The first kappa shape index (κ1) is 41.1. The molecule has 0 saturated heterocycles. The van der Waals surface area contributed by atoms with Gasteiger partial charge in [0, 0.05) is 0 Å². The first-order chi connectivity index (χ1) is 21.8. The van der Waals surface area contributed by atoms with Gasteiger partial charge in [0.1, 0.15) is 0 Å². The van der Waals surface area contributed by atoms with Crippen LogP contribution in [0.3, 0.4) is 0 Å². The highest BCUT2D eigenvalue weighted by molar-refractivity contribution is 6.15. The molecule has 0 spiro atoms. The fourth-order valence-electron chi connectivity index (χ4n) is 4.94. The van der Waals surface area contributed by atoms with Crippen LogP contribution in [0, 0.1) is 23.7 Å². The molecule has 0 amide bonds. The molecule has 0 heterocycles. The fourth-order valence-corrected chi connectivity index (χ4v) is 4.94. The molecule has 0 aromatic heterocycles. The number of benzene rings is 1. The Hall–Kier alpha value is -2.90. The Morgan fingerprint density at radius 1 is 0.413 bits per heavy atom. The third-order valence-electron chi connectivity index (χ3n) is 7.69. The van der Waals surface area contributed by atoms with Gasteiger partial charge in [-0.25, -0.2) is 19.2 Å². The highest BCUT2D eigenvalue weighted by Gasteiger charge is 2.33. The van der Waals surface area contributed by atoms with Gasteiger partial charge in [0.2, 0.25) is 0 Å². The third kappa shape index (κ3) is 17.1. The minimum Gasteiger partial charge on any atom is -0.462 e. The number of hydrogen-bond acceptors (Lipinski definition) is 8. The molecule has 262 valence electrons. The van der Waals surface area contributed by atoms with Crippen molar-refractivity contribution in [3.63, 3.8) is 0 Å². The highest BCUT2D eigenvalue weighted by atomic mass is 16.5. The summed E-state index contributed by atoms with van der Waals surface area (Å²) in [5, 5.41) is 0. The molecule has 0 aliphatic heterocycles. The van der Waals surface area contributed by atoms with E-state index >= 15 is 0 Å².